The minimum atomic E-state index is -0.772. The Bertz CT molecular complexity index is 145. The quantitative estimate of drug-likeness (QED) is 0.392. The van der Waals surface area contributed by atoms with Crippen LogP contribution in [0.25, 0.3) is 0 Å². The van der Waals surface area contributed by atoms with Crippen LogP contribution in [0.3, 0.4) is 0 Å². The largest absolute Gasteiger partial charge is 0.460 e. The van der Waals surface area contributed by atoms with Crippen molar-refractivity contribution < 1.29 is 14.6 Å². The van der Waals surface area contributed by atoms with Crippen molar-refractivity contribution in [2.75, 3.05) is 12.5 Å². The third-order valence-corrected chi connectivity index (χ3v) is 1.26. The van der Waals surface area contributed by atoms with Gasteiger partial charge in [-0.3, -0.25) is 0 Å². The average molecular weight is 179 g/mol. The molecule has 1 atom stereocenters. The van der Waals surface area contributed by atoms with Gasteiger partial charge < -0.3 is 9.84 Å². The van der Waals surface area contributed by atoms with Gasteiger partial charge in [-0.05, 0) is 6.92 Å². The maximum absolute atomic E-state index is 10.6. The lowest BCUT2D eigenvalue weighted by Gasteiger charge is -2.05. The molecule has 0 saturated carbocycles. The van der Waals surface area contributed by atoms with Crippen molar-refractivity contribution in [3.05, 3.63) is 12.2 Å². The van der Waals surface area contributed by atoms with E-state index in [1.807, 2.05) is 0 Å². The maximum atomic E-state index is 10.6. The van der Waals surface area contributed by atoms with Gasteiger partial charge in [-0.15, -0.1) is 11.6 Å². The monoisotopic (exact) mass is 178 g/mol. The van der Waals surface area contributed by atoms with E-state index in [1.165, 1.54) is 6.08 Å². The number of allylic oxidation sites excluding steroid dienone is 1. The van der Waals surface area contributed by atoms with E-state index in [2.05, 4.69) is 4.74 Å². The number of rotatable bonds is 4. The van der Waals surface area contributed by atoms with Crippen molar-refractivity contribution >= 4 is 17.6 Å². The molecular weight excluding hydrogens is 168 g/mol. The molecule has 0 aliphatic rings. The molecule has 0 amide bonds. The van der Waals surface area contributed by atoms with E-state index in [9.17, 15) is 4.79 Å². The van der Waals surface area contributed by atoms with Gasteiger partial charge in [0.1, 0.15) is 12.7 Å². The summed E-state index contributed by atoms with van der Waals surface area (Å²) in [5, 5.41) is 8.84. The molecular formula is C7H11ClO3. The lowest BCUT2D eigenvalue weighted by atomic mass is 10.4. The van der Waals surface area contributed by atoms with Gasteiger partial charge in [0.05, 0.1) is 5.88 Å². The fourth-order valence-electron chi connectivity index (χ4n) is 0.407. The average Bonchev–Trinajstić information content (AvgIpc) is 2.01. The second-order valence-electron chi connectivity index (χ2n) is 1.94. The van der Waals surface area contributed by atoms with Crippen LogP contribution in [0.1, 0.15) is 6.92 Å². The van der Waals surface area contributed by atoms with Crippen molar-refractivity contribution in [3.63, 3.8) is 0 Å². The highest BCUT2D eigenvalue weighted by Crippen LogP contribution is 1.90. The molecule has 0 aromatic carbocycles. The Morgan fingerprint density at radius 2 is 2.45 bits per heavy atom. The fraction of sp³-hybridized carbons (Fsp3) is 0.571. The molecule has 0 heterocycles. The van der Waals surface area contributed by atoms with Crippen molar-refractivity contribution in [1.29, 1.82) is 0 Å². The summed E-state index contributed by atoms with van der Waals surface area (Å²) in [6, 6.07) is 0. The lowest BCUT2D eigenvalue weighted by molar-refractivity contribution is -0.140. The third-order valence-electron chi connectivity index (χ3n) is 0.899. The van der Waals surface area contributed by atoms with Crippen LogP contribution in [0.4, 0.5) is 0 Å². The molecule has 1 N–H and O–H groups in total. The molecule has 64 valence electrons. The van der Waals surface area contributed by atoms with E-state index in [4.69, 9.17) is 16.7 Å². The van der Waals surface area contributed by atoms with E-state index in [-0.39, 0.29) is 12.5 Å². The van der Waals surface area contributed by atoms with E-state index in [0.29, 0.717) is 0 Å². The number of carbonyl (C=O) groups excluding carboxylic acids is 1. The molecule has 3 nitrogen and oxygen atoms in total. The van der Waals surface area contributed by atoms with Crippen molar-refractivity contribution in [3.8, 4) is 0 Å². The number of hydrogen-bond acceptors (Lipinski definition) is 3. The Morgan fingerprint density at radius 1 is 1.82 bits per heavy atom. The van der Waals surface area contributed by atoms with Crippen LogP contribution < -0.4 is 0 Å². The second-order valence-corrected chi connectivity index (χ2v) is 2.25. The van der Waals surface area contributed by atoms with Gasteiger partial charge in [0, 0.05) is 6.08 Å². The zero-order chi connectivity index (χ0) is 8.69. The van der Waals surface area contributed by atoms with Crippen LogP contribution in [0.2, 0.25) is 0 Å². The SMILES string of the molecule is C/C=C/C(=O)OCC(O)CCl. The normalized spacial score (nSPS) is 13.4. The summed E-state index contributed by atoms with van der Waals surface area (Å²) in [7, 11) is 0. The standard InChI is InChI=1S/C7H11ClO3/c1-2-3-7(10)11-5-6(9)4-8/h2-3,6,9H,4-5H2,1H3/b3-2+. The highest BCUT2D eigenvalue weighted by atomic mass is 35.5. The summed E-state index contributed by atoms with van der Waals surface area (Å²) in [6.45, 7) is 1.66. The number of halogens is 1. The Kier molecular flexibility index (Phi) is 5.88. The Labute approximate surface area is 70.6 Å². The molecule has 0 aliphatic carbocycles. The zero-order valence-corrected chi connectivity index (χ0v) is 7.04. The molecule has 4 heteroatoms. The second kappa shape index (κ2) is 6.19. The minimum absolute atomic E-state index is 0.0489. The minimum Gasteiger partial charge on any atom is -0.460 e. The van der Waals surface area contributed by atoms with E-state index in [0.717, 1.165) is 0 Å². The predicted octanol–water partition coefficient (Wildman–Crippen LogP) is 0.705. The summed E-state index contributed by atoms with van der Waals surface area (Å²) in [6.07, 6.45) is 2.07. The van der Waals surface area contributed by atoms with Gasteiger partial charge in [-0.1, -0.05) is 6.08 Å². The van der Waals surface area contributed by atoms with Crippen LogP contribution in [0.5, 0.6) is 0 Å². The van der Waals surface area contributed by atoms with Crippen LogP contribution in [-0.4, -0.2) is 29.7 Å². The van der Waals surface area contributed by atoms with Gasteiger partial charge in [-0.25, -0.2) is 4.79 Å². The van der Waals surface area contributed by atoms with Gasteiger partial charge in [-0.2, -0.15) is 0 Å². The van der Waals surface area contributed by atoms with Crippen LogP contribution in [0, 0.1) is 0 Å². The smallest absolute Gasteiger partial charge is 0.330 e. The summed E-state index contributed by atoms with van der Waals surface area (Å²) < 4.78 is 4.57. The first-order valence-electron chi connectivity index (χ1n) is 3.24. The number of alkyl halides is 1. The van der Waals surface area contributed by atoms with Crippen LogP contribution >= 0.6 is 11.6 Å². The molecule has 0 bridgehead atoms. The molecule has 0 rings (SSSR count). The first kappa shape index (κ1) is 10.5. The van der Waals surface area contributed by atoms with Crippen molar-refractivity contribution in [2.45, 2.75) is 13.0 Å². The van der Waals surface area contributed by atoms with E-state index < -0.39 is 12.1 Å². The van der Waals surface area contributed by atoms with Gasteiger partial charge in [0.15, 0.2) is 0 Å². The Morgan fingerprint density at radius 3 is 2.91 bits per heavy atom. The lowest BCUT2D eigenvalue weighted by Crippen LogP contribution is -2.18. The van der Waals surface area contributed by atoms with E-state index in [1.54, 1.807) is 13.0 Å². The highest BCUT2D eigenvalue weighted by molar-refractivity contribution is 6.18. The van der Waals surface area contributed by atoms with Crippen LogP contribution in [-0.2, 0) is 9.53 Å². The number of esters is 1. The van der Waals surface area contributed by atoms with E-state index >= 15 is 0 Å². The molecule has 0 saturated heterocycles. The molecule has 0 radical (unpaired) electrons. The summed E-state index contributed by atoms with van der Waals surface area (Å²) in [5.74, 6) is -0.389. The van der Waals surface area contributed by atoms with Gasteiger partial charge in [0.25, 0.3) is 0 Å². The van der Waals surface area contributed by atoms with Crippen molar-refractivity contribution in [2.24, 2.45) is 0 Å². The topological polar surface area (TPSA) is 46.5 Å². The molecule has 0 spiro atoms. The molecule has 0 aromatic heterocycles. The Balaban J connectivity index is 3.45. The molecule has 0 aromatic rings. The number of ether oxygens (including phenoxy) is 1. The fourth-order valence-corrected chi connectivity index (χ4v) is 0.496. The first-order valence-corrected chi connectivity index (χ1v) is 3.77. The molecule has 0 fully saturated rings. The Hall–Kier alpha value is -0.540. The summed E-state index contributed by atoms with van der Waals surface area (Å²) in [5.41, 5.74) is 0. The third kappa shape index (κ3) is 5.88. The van der Waals surface area contributed by atoms with Gasteiger partial charge >= 0.3 is 5.97 Å². The highest BCUT2D eigenvalue weighted by Gasteiger charge is 2.03. The zero-order valence-electron chi connectivity index (χ0n) is 6.29. The number of hydrogen-bond donors (Lipinski definition) is 1. The van der Waals surface area contributed by atoms with Gasteiger partial charge in [0.2, 0.25) is 0 Å². The van der Waals surface area contributed by atoms with Crippen LogP contribution in [0.15, 0.2) is 12.2 Å². The number of carbonyl (C=O) groups is 1. The first-order chi connectivity index (χ1) is 5.20. The predicted molar refractivity (Wildman–Crippen MR) is 42.5 cm³/mol. The summed E-state index contributed by atoms with van der Waals surface area (Å²) in [4.78, 5) is 10.6. The van der Waals surface area contributed by atoms with Crippen molar-refractivity contribution in [1.82, 2.24) is 0 Å². The number of aliphatic hydroxyl groups is 1. The molecule has 1 unspecified atom stereocenters. The number of aliphatic hydroxyl groups excluding tert-OH is 1. The summed E-state index contributed by atoms with van der Waals surface area (Å²) >= 11 is 5.25. The maximum Gasteiger partial charge on any atom is 0.330 e. The molecule has 0 aliphatic heterocycles. The molecule has 11 heavy (non-hydrogen) atoms.